The normalized spacial score (nSPS) is 10.7. The Bertz CT molecular complexity index is 1400. The highest BCUT2D eigenvalue weighted by molar-refractivity contribution is 5.78. The number of hydrogen-bond donors (Lipinski definition) is 1. The van der Waals surface area contributed by atoms with E-state index in [4.69, 9.17) is 18.6 Å². The van der Waals surface area contributed by atoms with Gasteiger partial charge < -0.3 is 23.7 Å². The summed E-state index contributed by atoms with van der Waals surface area (Å²) < 4.78 is 22.5. The minimum atomic E-state index is -1.15. The summed E-state index contributed by atoms with van der Waals surface area (Å²) in [6.45, 7) is 4.27. The van der Waals surface area contributed by atoms with Gasteiger partial charge in [-0.1, -0.05) is 48.5 Å². The molecule has 0 aliphatic carbocycles. The number of rotatable bonds is 12. The minimum Gasteiger partial charge on any atom is -0.494 e. The summed E-state index contributed by atoms with van der Waals surface area (Å²) in [5, 5.41) is 9.36. The third-order valence-electron chi connectivity index (χ3n) is 5.69. The highest BCUT2D eigenvalue weighted by Gasteiger charge is 2.20. The van der Waals surface area contributed by atoms with Crippen LogP contribution in [0, 0.1) is 6.92 Å². The van der Waals surface area contributed by atoms with Crippen LogP contribution in [0.2, 0.25) is 0 Å². The number of ether oxygens (including phenoxy) is 3. The molecular formula is C30H30N2O7. The van der Waals surface area contributed by atoms with E-state index in [1.807, 2.05) is 68.4 Å². The second-order valence-electron chi connectivity index (χ2n) is 8.73. The smallest absolute Gasteiger partial charge is 0.416 e. The first kappa shape index (κ1) is 27.4. The fourth-order valence-electron chi connectivity index (χ4n) is 3.88. The standard InChI is InChI=1S/C30H30N2O7/c1-3-37-25-13-8-14-26(16-25)39-30(35)32(18-28(33)34)17-22-9-7-10-23(15-22)19-36-20-27-21(2)38-29(31-27)24-11-5-4-6-12-24/h4-16H,3,17-20H2,1-2H3,(H,33,34). The van der Waals surface area contributed by atoms with Crippen molar-refractivity contribution >= 4 is 12.1 Å². The van der Waals surface area contributed by atoms with Crippen molar-refractivity contribution in [3.63, 3.8) is 0 Å². The highest BCUT2D eigenvalue weighted by atomic mass is 16.6. The van der Waals surface area contributed by atoms with E-state index in [2.05, 4.69) is 4.98 Å². The van der Waals surface area contributed by atoms with E-state index in [-0.39, 0.29) is 18.9 Å². The average molecular weight is 531 g/mol. The lowest BCUT2D eigenvalue weighted by atomic mass is 10.1. The number of aliphatic carboxylic acids is 1. The van der Waals surface area contributed by atoms with E-state index in [0.29, 0.717) is 36.3 Å². The summed E-state index contributed by atoms with van der Waals surface area (Å²) in [5.41, 5.74) is 3.21. The quantitative estimate of drug-likeness (QED) is 0.243. The monoisotopic (exact) mass is 530 g/mol. The molecule has 0 aliphatic rings. The molecule has 0 unspecified atom stereocenters. The topological polar surface area (TPSA) is 111 Å². The molecule has 0 saturated heterocycles. The van der Waals surface area contributed by atoms with E-state index in [1.54, 1.807) is 24.3 Å². The largest absolute Gasteiger partial charge is 0.494 e. The third-order valence-corrected chi connectivity index (χ3v) is 5.69. The van der Waals surface area contributed by atoms with Gasteiger partial charge >= 0.3 is 12.1 Å². The van der Waals surface area contributed by atoms with E-state index in [1.165, 1.54) is 0 Å². The van der Waals surface area contributed by atoms with Gasteiger partial charge in [0.05, 0.1) is 19.8 Å². The molecule has 3 aromatic carbocycles. The highest BCUT2D eigenvalue weighted by Crippen LogP contribution is 2.23. The minimum absolute atomic E-state index is 0.0486. The number of carbonyl (C=O) groups excluding carboxylic acids is 1. The Kier molecular flexibility index (Phi) is 9.31. The number of carboxylic acid groups (broad SMARTS) is 1. The number of oxazole rings is 1. The number of aryl methyl sites for hydroxylation is 1. The average Bonchev–Trinajstić information content (AvgIpc) is 3.29. The van der Waals surface area contributed by atoms with Gasteiger partial charge in [-0.05, 0) is 49.2 Å². The molecule has 1 aromatic heterocycles. The Morgan fingerprint density at radius 1 is 0.923 bits per heavy atom. The molecule has 0 saturated carbocycles. The van der Waals surface area contributed by atoms with E-state index in [0.717, 1.165) is 21.6 Å². The van der Waals surface area contributed by atoms with Crippen LogP contribution in [0.5, 0.6) is 11.5 Å². The van der Waals surface area contributed by atoms with Crippen LogP contribution < -0.4 is 9.47 Å². The lowest BCUT2D eigenvalue weighted by Gasteiger charge is -2.20. The molecule has 39 heavy (non-hydrogen) atoms. The lowest BCUT2D eigenvalue weighted by molar-refractivity contribution is -0.138. The molecule has 0 aliphatic heterocycles. The molecule has 0 spiro atoms. The molecule has 1 heterocycles. The second-order valence-corrected chi connectivity index (χ2v) is 8.73. The van der Waals surface area contributed by atoms with Crippen LogP contribution in [0.15, 0.2) is 83.3 Å². The first-order valence-corrected chi connectivity index (χ1v) is 12.5. The summed E-state index contributed by atoms with van der Waals surface area (Å²) >= 11 is 0. The number of carbonyl (C=O) groups is 2. The van der Waals surface area contributed by atoms with Crippen molar-refractivity contribution in [3.05, 3.63) is 101 Å². The molecule has 0 atom stereocenters. The molecule has 0 bridgehead atoms. The van der Waals surface area contributed by atoms with Crippen molar-refractivity contribution in [1.29, 1.82) is 0 Å². The Balaban J connectivity index is 1.37. The summed E-state index contributed by atoms with van der Waals surface area (Å²) in [7, 11) is 0. The maximum Gasteiger partial charge on any atom is 0.416 e. The molecule has 4 aromatic rings. The molecule has 202 valence electrons. The van der Waals surface area contributed by atoms with Crippen LogP contribution in [0.4, 0.5) is 4.79 Å². The summed E-state index contributed by atoms with van der Waals surface area (Å²) in [4.78, 5) is 30.0. The van der Waals surface area contributed by atoms with Crippen LogP contribution in [-0.2, 0) is 29.3 Å². The predicted octanol–water partition coefficient (Wildman–Crippen LogP) is 5.85. The van der Waals surface area contributed by atoms with Crippen molar-refractivity contribution in [2.45, 2.75) is 33.6 Å². The van der Waals surface area contributed by atoms with Crippen molar-refractivity contribution in [1.82, 2.24) is 9.88 Å². The molecule has 0 fully saturated rings. The van der Waals surface area contributed by atoms with Gasteiger partial charge in [0.15, 0.2) is 0 Å². The van der Waals surface area contributed by atoms with Gasteiger partial charge in [-0.3, -0.25) is 9.69 Å². The summed E-state index contributed by atoms with van der Waals surface area (Å²) in [5.74, 6) is 0.910. The van der Waals surface area contributed by atoms with Gasteiger partial charge in [-0.15, -0.1) is 0 Å². The van der Waals surface area contributed by atoms with Crippen LogP contribution >= 0.6 is 0 Å². The molecule has 4 rings (SSSR count). The van der Waals surface area contributed by atoms with Crippen molar-refractivity contribution in [2.75, 3.05) is 13.2 Å². The van der Waals surface area contributed by atoms with E-state index in [9.17, 15) is 14.7 Å². The maximum atomic E-state index is 12.8. The van der Waals surface area contributed by atoms with Crippen molar-refractivity contribution < 1.29 is 33.3 Å². The van der Waals surface area contributed by atoms with E-state index >= 15 is 0 Å². The third kappa shape index (κ3) is 7.93. The summed E-state index contributed by atoms with van der Waals surface area (Å²) in [6, 6.07) is 23.7. The van der Waals surface area contributed by atoms with Crippen LogP contribution in [0.3, 0.4) is 0 Å². The van der Waals surface area contributed by atoms with Crippen LogP contribution in [-0.4, -0.2) is 40.2 Å². The number of aromatic nitrogens is 1. The number of carboxylic acids is 1. The molecule has 9 heteroatoms. The molecule has 1 amide bonds. The molecular weight excluding hydrogens is 500 g/mol. The van der Waals surface area contributed by atoms with Gasteiger partial charge in [0.2, 0.25) is 5.89 Å². The molecule has 0 radical (unpaired) electrons. The summed E-state index contributed by atoms with van der Waals surface area (Å²) in [6.07, 6.45) is -0.775. The zero-order chi connectivity index (χ0) is 27.6. The zero-order valence-corrected chi connectivity index (χ0v) is 21.8. The fraction of sp³-hybridized carbons (Fsp3) is 0.233. The van der Waals surface area contributed by atoms with Crippen molar-refractivity contribution in [2.24, 2.45) is 0 Å². The zero-order valence-electron chi connectivity index (χ0n) is 21.8. The number of amides is 1. The van der Waals surface area contributed by atoms with Crippen molar-refractivity contribution in [3.8, 4) is 23.0 Å². The Labute approximate surface area is 226 Å². The Hall–Kier alpha value is -4.63. The molecule has 1 N–H and O–H groups in total. The number of hydrogen-bond acceptors (Lipinski definition) is 7. The number of benzene rings is 3. The first-order valence-electron chi connectivity index (χ1n) is 12.5. The lowest BCUT2D eigenvalue weighted by Crippen LogP contribution is -2.37. The fourth-order valence-corrected chi connectivity index (χ4v) is 3.88. The van der Waals surface area contributed by atoms with Gasteiger partial charge in [-0.2, -0.15) is 0 Å². The second kappa shape index (κ2) is 13.3. The van der Waals surface area contributed by atoms with Crippen LogP contribution in [0.1, 0.15) is 29.5 Å². The Morgan fingerprint density at radius 3 is 2.44 bits per heavy atom. The first-order chi connectivity index (χ1) is 18.9. The van der Waals surface area contributed by atoms with Gasteiger partial charge in [0.1, 0.15) is 29.5 Å². The molecule has 9 nitrogen and oxygen atoms in total. The Morgan fingerprint density at radius 2 is 1.67 bits per heavy atom. The number of nitrogens with zero attached hydrogens (tertiary/aromatic N) is 2. The predicted molar refractivity (Wildman–Crippen MR) is 143 cm³/mol. The van der Waals surface area contributed by atoms with Gasteiger partial charge in [-0.25, -0.2) is 9.78 Å². The van der Waals surface area contributed by atoms with Gasteiger partial charge in [0.25, 0.3) is 0 Å². The maximum absolute atomic E-state index is 12.8. The van der Waals surface area contributed by atoms with Gasteiger partial charge in [0, 0.05) is 18.2 Å². The van der Waals surface area contributed by atoms with Crippen LogP contribution in [0.25, 0.3) is 11.5 Å². The van der Waals surface area contributed by atoms with E-state index < -0.39 is 18.6 Å². The SMILES string of the molecule is CCOc1cccc(OC(=O)N(CC(=O)O)Cc2cccc(COCc3nc(-c4ccccc4)oc3C)c2)c1.